The molecule has 0 fully saturated rings. The van der Waals surface area contributed by atoms with Crippen LogP contribution in [0.3, 0.4) is 0 Å². The standard InChI is InChI=1S/CH3.2ClH.Sn/h1H3;2*1H;/q;;;+3/p-2. The second-order valence-corrected chi connectivity index (χ2v) is 11.9. The van der Waals surface area contributed by atoms with Crippen molar-refractivity contribution in [3.63, 3.8) is 0 Å². The van der Waals surface area contributed by atoms with E-state index in [4.69, 9.17) is 17.8 Å². The van der Waals surface area contributed by atoms with E-state index >= 15 is 0 Å². The Hall–Kier alpha value is 1.38. The zero-order valence-electron chi connectivity index (χ0n) is 2.26. The predicted octanol–water partition coefficient (Wildman–Crippen LogP) is 1.58. The molecule has 0 N–H and O–H groups in total. The summed E-state index contributed by atoms with van der Waals surface area (Å²) in [5.41, 5.74) is 0. The van der Waals surface area contributed by atoms with Crippen LogP contribution in [0.1, 0.15) is 0 Å². The zero-order chi connectivity index (χ0) is 3.58. The van der Waals surface area contributed by atoms with E-state index in [2.05, 4.69) is 0 Å². The van der Waals surface area contributed by atoms with E-state index in [-0.39, 0.29) is 0 Å². The van der Waals surface area contributed by atoms with Gasteiger partial charge in [0.1, 0.15) is 0 Å². The van der Waals surface area contributed by atoms with Crippen molar-refractivity contribution < 1.29 is 0 Å². The Morgan fingerprint density at radius 1 is 1.50 bits per heavy atom. The van der Waals surface area contributed by atoms with E-state index in [1.165, 1.54) is 0 Å². The average molecular weight is 205 g/mol. The summed E-state index contributed by atoms with van der Waals surface area (Å²) in [6.45, 7) is 0. The molecule has 4 heavy (non-hydrogen) atoms. The Morgan fingerprint density at radius 2 is 1.50 bits per heavy atom. The van der Waals surface area contributed by atoms with Crippen LogP contribution in [-0.2, 0) is 0 Å². The Kier molecular flexibility index (Phi) is 3.51. The summed E-state index contributed by atoms with van der Waals surface area (Å²) >= 11 is -1.60. The van der Waals surface area contributed by atoms with E-state index in [1.54, 1.807) is 0 Å². The molecule has 0 saturated heterocycles. The summed E-state index contributed by atoms with van der Waals surface area (Å²) in [7, 11) is 10.5. The molecule has 0 unspecified atom stereocenters. The van der Waals surface area contributed by atoms with Crippen LogP contribution in [0.25, 0.3) is 0 Å². The number of hydrogen-bond acceptors (Lipinski definition) is 0. The first-order valence-electron chi connectivity index (χ1n) is 0.878. The van der Waals surface area contributed by atoms with Gasteiger partial charge in [0.15, 0.2) is 0 Å². The Morgan fingerprint density at radius 3 is 1.50 bits per heavy atom. The van der Waals surface area contributed by atoms with Gasteiger partial charge >= 0.3 is 40.3 Å². The van der Waals surface area contributed by atoms with Gasteiger partial charge in [-0.25, -0.2) is 0 Å². The van der Waals surface area contributed by atoms with Gasteiger partial charge in [0.2, 0.25) is 0 Å². The van der Waals surface area contributed by atoms with Crippen LogP contribution in [0.15, 0.2) is 0 Å². The van der Waals surface area contributed by atoms with Crippen molar-refractivity contribution in [1.82, 2.24) is 0 Å². The summed E-state index contributed by atoms with van der Waals surface area (Å²) < 4.78 is 0. The van der Waals surface area contributed by atoms with Crippen LogP contribution in [0.4, 0.5) is 0 Å². The van der Waals surface area contributed by atoms with Crippen LogP contribution in [0.5, 0.6) is 0 Å². The quantitative estimate of drug-likeness (QED) is 0.526. The van der Waals surface area contributed by atoms with Crippen LogP contribution in [0.2, 0.25) is 4.94 Å². The van der Waals surface area contributed by atoms with Crippen molar-refractivity contribution in [2.75, 3.05) is 0 Å². The first-order chi connectivity index (χ1) is 1.73. The van der Waals surface area contributed by atoms with E-state index in [1.807, 2.05) is 4.94 Å². The summed E-state index contributed by atoms with van der Waals surface area (Å²) in [6.07, 6.45) is 0. The molecule has 24 valence electrons. The molecule has 0 nitrogen and oxygen atoms in total. The van der Waals surface area contributed by atoms with Crippen LogP contribution in [-0.4, -0.2) is 17.5 Å². The third-order valence-electron chi connectivity index (χ3n) is 0. The number of hydrogen-bond donors (Lipinski definition) is 0. The fourth-order valence-corrected chi connectivity index (χ4v) is 0. The van der Waals surface area contributed by atoms with Gasteiger partial charge in [-0.15, -0.1) is 0 Å². The molecule has 0 aliphatic heterocycles. The topological polar surface area (TPSA) is 0 Å². The molecule has 0 aromatic heterocycles. The second kappa shape index (κ2) is 2.61. The minimum absolute atomic E-state index is 1.60. The molecule has 0 aliphatic rings. The molecule has 0 aliphatic carbocycles. The summed E-state index contributed by atoms with van der Waals surface area (Å²) in [4.78, 5) is 1.89. The van der Waals surface area contributed by atoms with Gasteiger partial charge in [-0.05, 0) is 0 Å². The molecule has 0 radical (unpaired) electrons. The van der Waals surface area contributed by atoms with E-state index < -0.39 is 17.5 Å². The monoisotopic (exact) mass is 205 g/mol. The van der Waals surface area contributed by atoms with E-state index in [9.17, 15) is 0 Å². The maximum absolute atomic E-state index is 5.24. The SMILES string of the molecule is [CH3][Sn+]([Cl])[Cl]. The molecule has 0 atom stereocenters. The van der Waals surface area contributed by atoms with Crippen molar-refractivity contribution in [2.24, 2.45) is 0 Å². The van der Waals surface area contributed by atoms with Gasteiger partial charge < -0.3 is 0 Å². The molecule has 0 heterocycles. The fourth-order valence-electron chi connectivity index (χ4n) is 0. The van der Waals surface area contributed by atoms with Crippen molar-refractivity contribution >= 4 is 35.3 Å². The van der Waals surface area contributed by atoms with Gasteiger partial charge in [0.05, 0.1) is 0 Å². The molecule has 0 bridgehead atoms. The molecule has 0 aromatic rings. The summed E-state index contributed by atoms with van der Waals surface area (Å²) in [5, 5.41) is 0. The molecule has 3 heteroatoms. The fraction of sp³-hybridized carbons (Fsp3) is 1.00. The predicted molar refractivity (Wildman–Crippen MR) is 23.3 cm³/mol. The van der Waals surface area contributed by atoms with Crippen molar-refractivity contribution in [3.05, 3.63) is 0 Å². The molecule has 0 rings (SSSR count). The van der Waals surface area contributed by atoms with Gasteiger partial charge in [-0.2, -0.15) is 0 Å². The first kappa shape index (κ1) is 5.38. The number of halogens is 2. The van der Waals surface area contributed by atoms with Crippen LogP contribution < -0.4 is 0 Å². The number of rotatable bonds is 0. The molecule has 0 spiro atoms. The van der Waals surface area contributed by atoms with Crippen LogP contribution >= 0.6 is 17.8 Å². The molecular formula is CH3Cl2Sn+. The molecule has 0 amide bonds. The Labute approximate surface area is 40.3 Å². The Balaban J connectivity index is 2.32. The normalized spacial score (nSPS) is 6.75. The van der Waals surface area contributed by atoms with Crippen molar-refractivity contribution in [2.45, 2.75) is 4.94 Å². The minimum atomic E-state index is -1.60. The van der Waals surface area contributed by atoms with Crippen molar-refractivity contribution in [1.29, 1.82) is 0 Å². The average Bonchev–Trinajstić information content (AvgIpc) is 0.811. The van der Waals surface area contributed by atoms with Crippen molar-refractivity contribution in [3.8, 4) is 0 Å². The third-order valence-corrected chi connectivity index (χ3v) is 0. The molecule has 0 saturated carbocycles. The van der Waals surface area contributed by atoms with Gasteiger partial charge in [0, 0.05) is 0 Å². The summed E-state index contributed by atoms with van der Waals surface area (Å²) in [6, 6.07) is 0. The molecule has 0 aromatic carbocycles. The maximum atomic E-state index is 5.24. The molecular weight excluding hydrogens is 202 g/mol. The second-order valence-electron chi connectivity index (χ2n) is 0.449. The summed E-state index contributed by atoms with van der Waals surface area (Å²) in [5.74, 6) is 0. The van der Waals surface area contributed by atoms with Gasteiger partial charge in [-0.3, -0.25) is 0 Å². The van der Waals surface area contributed by atoms with Gasteiger partial charge in [0.25, 0.3) is 0 Å². The first-order valence-corrected chi connectivity index (χ1v) is 11.0. The zero-order valence-corrected chi connectivity index (χ0v) is 6.62. The third kappa shape index (κ3) is 10.1. The van der Waals surface area contributed by atoms with E-state index in [0.717, 1.165) is 0 Å². The van der Waals surface area contributed by atoms with Gasteiger partial charge in [-0.1, -0.05) is 0 Å². The Bertz CT molecular complexity index is 10.8. The van der Waals surface area contributed by atoms with Crippen LogP contribution in [0, 0.1) is 0 Å². The van der Waals surface area contributed by atoms with E-state index in [0.29, 0.717) is 0 Å².